The zero-order chi connectivity index (χ0) is 21.3. The van der Waals surface area contributed by atoms with Crippen molar-refractivity contribution in [3.63, 3.8) is 0 Å². The minimum atomic E-state index is -3.90. The number of carbonyl (C=O) groups excluding carboxylic acids is 2. The Morgan fingerprint density at radius 2 is 1.55 bits per heavy atom. The molecule has 1 aromatic heterocycles. The topological polar surface area (TPSA) is 91.7 Å². The van der Waals surface area contributed by atoms with Crippen LogP contribution in [-0.2, 0) is 25.9 Å². The molecule has 0 aliphatic heterocycles. The Bertz CT molecular complexity index is 1210. The van der Waals surface area contributed by atoms with Gasteiger partial charge >= 0.3 is 11.9 Å². The maximum Gasteiger partial charge on any atom is 0.339 e. The number of ether oxygens (including phenoxy) is 2. The predicted molar refractivity (Wildman–Crippen MR) is 108 cm³/mol. The van der Waals surface area contributed by atoms with Crippen molar-refractivity contribution in [3.8, 4) is 0 Å². The molecule has 3 aromatic rings. The summed E-state index contributed by atoms with van der Waals surface area (Å²) in [5.41, 5.74) is 1.79. The van der Waals surface area contributed by atoms with Gasteiger partial charge < -0.3 is 9.47 Å². The maximum absolute atomic E-state index is 13.2. The van der Waals surface area contributed by atoms with Gasteiger partial charge in [-0.1, -0.05) is 24.6 Å². The maximum atomic E-state index is 13.2. The lowest BCUT2D eigenvalue weighted by atomic mass is 9.95. The summed E-state index contributed by atoms with van der Waals surface area (Å²) in [5.74, 6) is -1.42. The SMILES string of the molecule is CCc1cc2c(ccn2S(=O)(=O)c2ccc(C)cc2)c(C(=O)OC)c1C(=O)OC. The van der Waals surface area contributed by atoms with Gasteiger partial charge in [-0.05, 0) is 43.2 Å². The molecule has 8 heteroatoms. The van der Waals surface area contributed by atoms with Crippen LogP contribution in [0.2, 0.25) is 0 Å². The van der Waals surface area contributed by atoms with Gasteiger partial charge in [0.1, 0.15) is 0 Å². The second-order valence-corrected chi connectivity index (χ2v) is 8.30. The summed E-state index contributed by atoms with van der Waals surface area (Å²) in [5, 5.41) is 0.296. The molecule has 0 bridgehead atoms. The van der Waals surface area contributed by atoms with Crippen molar-refractivity contribution in [2.75, 3.05) is 14.2 Å². The molecule has 152 valence electrons. The van der Waals surface area contributed by atoms with E-state index in [9.17, 15) is 18.0 Å². The fourth-order valence-corrected chi connectivity index (χ4v) is 4.61. The molecule has 0 unspecified atom stereocenters. The molecule has 0 atom stereocenters. The molecule has 7 nitrogen and oxygen atoms in total. The van der Waals surface area contributed by atoms with Gasteiger partial charge in [-0.15, -0.1) is 0 Å². The van der Waals surface area contributed by atoms with Crippen molar-refractivity contribution in [1.82, 2.24) is 3.97 Å². The summed E-state index contributed by atoms with van der Waals surface area (Å²) in [6.45, 7) is 3.67. The Hall–Kier alpha value is -3.13. The molecule has 0 saturated heterocycles. The molecule has 0 aliphatic carbocycles. The molecule has 0 radical (unpaired) electrons. The highest BCUT2D eigenvalue weighted by molar-refractivity contribution is 7.90. The first-order valence-corrected chi connectivity index (χ1v) is 10.4. The quantitative estimate of drug-likeness (QED) is 0.594. The second kappa shape index (κ2) is 7.71. The average Bonchev–Trinajstić information content (AvgIpc) is 3.15. The summed E-state index contributed by atoms with van der Waals surface area (Å²) in [7, 11) is -1.48. The molecule has 0 N–H and O–H groups in total. The number of aromatic nitrogens is 1. The molecule has 3 rings (SSSR count). The molecule has 2 aromatic carbocycles. The highest BCUT2D eigenvalue weighted by atomic mass is 32.2. The fourth-order valence-electron chi connectivity index (χ4n) is 3.27. The number of rotatable bonds is 5. The summed E-state index contributed by atoms with van der Waals surface area (Å²) >= 11 is 0. The monoisotopic (exact) mass is 415 g/mol. The lowest BCUT2D eigenvalue weighted by Gasteiger charge is -2.14. The van der Waals surface area contributed by atoms with Crippen molar-refractivity contribution in [2.45, 2.75) is 25.2 Å². The number of aryl methyl sites for hydroxylation is 2. The lowest BCUT2D eigenvalue weighted by molar-refractivity contribution is 0.0556. The Labute approximate surface area is 168 Å². The third-order valence-electron chi connectivity index (χ3n) is 4.78. The van der Waals surface area contributed by atoms with Crippen LogP contribution in [0.25, 0.3) is 10.9 Å². The van der Waals surface area contributed by atoms with E-state index >= 15 is 0 Å². The van der Waals surface area contributed by atoms with Crippen molar-refractivity contribution in [3.05, 3.63) is 64.8 Å². The number of benzene rings is 2. The van der Waals surface area contributed by atoms with Crippen LogP contribution in [0.5, 0.6) is 0 Å². The van der Waals surface area contributed by atoms with E-state index in [0.29, 0.717) is 17.4 Å². The summed E-state index contributed by atoms with van der Waals surface area (Å²) in [6.07, 6.45) is 1.76. The molecule has 29 heavy (non-hydrogen) atoms. The first-order valence-electron chi connectivity index (χ1n) is 8.92. The van der Waals surface area contributed by atoms with E-state index in [1.807, 2.05) is 6.92 Å². The Balaban J connectivity index is 2.37. The van der Waals surface area contributed by atoms with Gasteiger partial charge in [0, 0.05) is 11.6 Å². The summed E-state index contributed by atoms with van der Waals surface area (Å²) < 4.78 is 37.2. The van der Waals surface area contributed by atoms with Crippen molar-refractivity contribution >= 4 is 32.9 Å². The van der Waals surface area contributed by atoms with Crippen LogP contribution in [0.3, 0.4) is 0 Å². The van der Waals surface area contributed by atoms with Crippen molar-refractivity contribution in [2.24, 2.45) is 0 Å². The molecule has 1 heterocycles. The molecule has 0 saturated carbocycles. The third kappa shape index (κ3) is 3.40. The van der Waals surface area contributed by atoms with Gasteiger partial charge in [-0.3, -0.25) is 0 Å². The zero-order valence-corrected chi connectivity index (χ0v) is 17.4. The zero-order valence-electron chi connectivity index (χ0n) is 16.6. The van der Waals surface area contributed by atoms with Crippen LogP contribution < -0.4 is 0 Å². The van der Waals surface area contributed by atoms with Crippen LogP contribution in [0, 0.1) is 6.92 Å². The van der Waals surface area contributed by atoms with E-state index in [1.165, 1.54) is 38.6 Å². The number of nitrogens with zero attached hydrogens (tertiary/aromatic N) is 1. The van der Waals surface area contributed by atoms with Gasteiger partial charge in [0.2, 0.25) is 0 Å². The molecule has 0 amide bonds. The highest BCUT2D eigenvalue weighted by Crippen LogP contribution is 2.31. The Morgan fingerprint density at radius 3 is 2.10 bits per heavy atom. The van der Waals surface area contributed by atoms with Crippen LogP contribution >= 0.6 is 0 Å². The fraction of sp³-hybridized carbons (Fsp3) is 0.238. The lowest BCUT2D eigenvalue weighted by Crippen LogP contribution is -2.16. The number of hydrogen-bond donors (Lipinski definition) is 0. The standard InChI is InChI=1S/C21H21NO6S/c1-5-14-12-17-16(19(21(24)28-4)18(14)20(23)27-3)10-11-22(17)29(25,26)15-8-6-13(2)7-9-15/h6-12H,5H2,1-4H3. The molecule has 0 aliphatic rings. The normalized spacial score (nSPS) is 11.4. The molecular weight excluding hydrogens is 394 g/mol. The highest BCUT2D eigenvalue weighted by Gasteiger charge is 2.28. The number of carbonyl (C=O) groups is 2. The van der Waals surface area contributed by atoms with E-state index in [-0.39, 0.29) is 21.5 Å². The molecule has 0 fully saturated rings. The minimum Gasteiger partial charge on any atom is -0.465 e. The van der Waals surface area contributed by atoms with Gasteiger partial charge in [-0.2, -0.15) is 0 Å². The Kier molecular flexibility index (Phi) is 5.48. The average molecular weight is 415 g/mol. The van der Waals surface area contributed by atoms with E-state index in [0.717, 1.165) is 9.54 Å². The van der Waals surface area contributed by atoms with Gasteiger partial charge in [0.25, 0.3) is 10.0 Å². The second-order valence-electron chi connectivity index (χ2n) is 6.48. The first-order chi connectivity index (χ1) is 13.8. The largest absolute Gasteiger partial charge is 0.465 e. The Morgan fingerprint density at radius 1 is 0.966 bits per heavy atom. The van der Waals surface area contributed by atoms with Crippen LogP contribution in [0.15, 0.2) is 47.5 Å². The van der Waals surface area contributed by atoms with E-state index in [4.69, 9.17) is 9.47 Å². The van der Waals surface area contributed by atoms with Gasteiger partial charge in [0.05, 0.1) is 35.8 Å². The van der Waals surface area contributed by atoms with Crippen molar-refractivity contribution in [1.29, 1.82) is 0 Å². The van der Waals surface area contributed by atoms with Gasteiger partial charge in [-0.25, -0.2) is 22.0 Å². The summed E-state index contributed by atoms with van der Waals surface area (Å²) in [6, 6.07) is 9.57. The van der Waals surface area contributed by atoms with Crippen molar-refractivity contribution < 1.29 is 27.5 Å². The predicted octanol–water partition coefficient (Wildman–Crippen LogP) is 3.32. The summed E-state index contributed by atoms with van der Waals surface area (Å²) in [4.78, 5) is 25.0. The first kappa shape index (κ1) is 20.6. The minimum absolute atomic E-state index is 0.00782. The van der Waals surface area contributed by atoms with Crippen LogP contribution in [-0.4, -0.2) is 38.5 Å². The van der Waals surface area contributed by atoms with Crippen LogP contribution in [0.4, 0.5) is 0 Å². The van der Waals surface area contributed by atoms with E-state index in [1.54, 1.807) is 25.1 Å². The van der Waals surface area contributed by atoms with E-state index < -0.39 is 22.0 Å². The third-order valence-corrected chi connectivity index (χ3v) is 6.48. The van der Waals surface area contributed by atoms with Gasteiger partial charge in [0.15, 0.2) is 0 Å². The molecule has 0 spiro atoms. The van der Waals surface area contributed by atoms with E-state index in [2.05, 4.69) is 0 Å². The molecular formula is C21H21NO6S. The smallest absolute Gasteiger partial charge is 0.339 e. The number of methoxy groups -OCH3 is 2. The number of fused-ring (bicyclic) bond motifs is 1. The number of esters is 2. The van der Waals surface area contributed by atoms with Crippen LogP contribution in [0.1, 0.15) is 38.8 Å². The number of hydrogen-bond acceptors (Lipinski definition) is 6.